The van der Waals surface area contributed by atoms with Crippen LogP contribution < -0.4 is 4.74 Å². The smallest absolute Gasteiger partial charge is 0.289 e. The Morgan fingerprint density at radius 1 is 1.00 bits per heavy atom. The number of nitro groups is 1. The number of hydrogen-bond donors (Lipinski definition) is 0. The van der Waals surface area contributed by atoms with E-state index >= 15 is 0 Å². The maximum Gasteiger partial charge on any atom is 0.289 e. The van der Waals surface area contributed by atoms with Gasteiger partial charge < -0.3 is 9.64 Å². The number of para-hydroxylation sites is 1. The second-order valence-corrected chi connectivity index (χ2v) is 10.5. The molecule has 9 nitrogen and oxygen atoms in total. The van der Waals surface area contributed by atoms with Crippen molar-refractivity contribution in [2.75, 3.05) is 20.2 Å². The Balaban J connectivity index is 1.63. The molecule has 0 unspecified atom stereocenters. The summed E-state index contributed by atoms with van der Waals surface area (Å²) in [6.45, 7) is -0.0496. The van der Waals surface area contributed by atoms with E-state index in [0.29, 0.717) is 25.1 Å². The van der Waals surface area contributed by atoms with Gasteiger partial charge in [-0.1, -0.05) is 54.6 Å². The summed E-state index contributed by atoms with van der Waals surface area (Å²) in [6, 6.07) is 21.9. The molecule has 188 valence electrons. The van der Waals surface area contributed by atoms with Crippen LogP contribution in [-0.4, -0.2) is 54.7 Å². The zero-order valence-corrected chi connectivity index (χ0v) is 20.6. The number of carbonyl (C=O) groups excluding carboxylic acids is 1. The highest BCUT2D eigenvalue weighted by Crippen LogP contribution is 2.30. The predicted octanol–water partition coefficient (Wildman–Crippen LogP) is 3.64. The molecule has 36 heavy (non-hydrogen) atoms. The molecule has 4 rings (SSSR count). The maximum atomic E-state index is 13.5. The summed E-state index contributed by atoms with van der Waals surface area (Å²) in [5.74, 6) is 0.308. The predicted molar refractivity (Wildman–Crippen MR) is 134 cm³/mol. The first-order valence-electron chi connectivity index (χ1n) is 11.5. The van der Waals surface area contributed by atoms with Crippen LogP contribution in [0, 0.1) is 10.1 Å². The number of nitro benzene ring substituents is 1. The van der Waals surface area contributed by atoms with Crippen LogP contribution >= 0.6 is 0 Å². The van der Waals surface area contributed by atoms with E-state index in [4.69, 9.17) is 4.74 Å². The molecule has 0 bridgehead atoms. The fourth-order valence-corrected chi connectivity index (χ4v) is 5.99. The third-order valence-corrected chi connectivity index (χ3v) is 8.12. The van der Waals surface area contributed by atoms with Crippen molar-refractivity contribution in [3.63, 3.8) is 0 Å². The molecule has 3 aromatic carbocycles. The molecule has 1 heterocycles. The van der Waals surface area contributed by atoms with Gasteiger partial charge in [0.05, 0.1) is 18.6 Å². The van der Waals surface area contributed by atoms with Crippen LogP contribution in [0.4, 0.5) is 5.69 Å². The largest absolute Gasteiger partial charge is 0.497 e. The first-order chi connectivity index (χ1) is 17.3. The van der Waals surface area contributed by atoms with Gasteiger partial charge >= 0.3 is 0 Å². The van der Waals surface area contributed by atoms with Crippen molar-refractivity contribution in [2.24, 2.45) is 0 Å². The Morgan fingerprint density at radius 3 is 2.42 bits per heavy atom. The molecule has 1 saturated heterocycles. The SMILES string of the molecule is COc1cccc(CN2C(=O)CN(S(=O)(=O)c3ccccc3[N+](=O)[O-])C[C@@H]2CCc2ccccc2)c1. The van der Waals surface area contributed by atoms with Gasteiger partial charge in [-0.3, -0.25) is 14.9 Å². The highest BCUT2D eigenvalue weighted by Gasteiger charge is 2.40. The molecular weight excluding hydrogens is 482 g/mol. The highest BCUT2D eigenvalue weighted by atomic mass is 32.2. The van der Waals surface area contributed by atoms with E-state index < -0.39 is 31.6 Å². The minimum atomic E-state index is -4.27. The molecule has 0 radical (unpaired) electrons. The van der Waals surface area contributed by atoms with Gasteiger partial charge in [-0.05, 0) is 42.2 Å². The number of nitrogens with zero attached hydrogens (tertiary/aromatic N) is 3. The minimum absolute atomic E-state index is 0.0386. The van der Waals surface area contributed by atoms with Crippen molar-refractivity contribution < 1.29 is 22.9 Å². The van der Waals surface area contributed by atoms with Crippen LogP contribution in [0.3, 0.4) is 0 Å². The molecular formula is C26H27N3O6S. The van der Waals surface area contributed by atoms with Crippen molar-refractivity contribution in [3.05, 3.63) is 100 Å². The van der Waals surface area contributed by atoms with Gasteiger partial charge in [0.25, 0.3) is 5.69 Å². The molecule has 3 aromatic rings. The second kappa shape index (κ2) is 10.9. The summed E-state index contributed by atoms with van der Waals surface area (Å²) in [5.41, 5.74) is 1.43. The number of benzene rings is 3. The van der Waals surface area contributed by atoms with E-state index in [1.54, 1.807) is 12.0 Å². The van der Waals surface area contributed by atoms with Crippen molar-refractivity contribution in [2.45, 2.75) is 30.3 Å². The Labute approximate surface area is 210 Å². The molecule has 0 spiro atoms. The average Bonchev–Trinajstić information content (AvgIpc) is 2.89. The topological polar surface area (TPSA) is 110 Å². The van der Waals surface area contributed by atoms with Gasteiger partial charge in [0.15, 0.2) is 4.90 Å². The minimum Gasteiger partial charge on any atom is -0.497 e. The molecule has 0 aliphatic carbocycles. The first-order valence-corrected chi connectivity index (χ1v) is 12.9. The van der Waals surface area contributed by atoms with E-state index in [1.807, 2.05) is 54.6 Å². The summed E-state index contributed by atoms with van der Waals surface area (Å²) < 4.78 is 33.3. The highest BCUT2D eigenvalue weighted by molar-refractivity contribution is 7.89. The second-order valence-electron chi connectivity index (χ2n) is 8.57. The van der Waals surface area contributed by atoms with Gasteiger partial charge in [0, 0.05) is 25.2 Å². The number of methoxy groups -OCH3 is 1. The number of hydrogen-bond acceptors (Lipinski definition) is 6. The number of rotatable bonds is 9. The van der Waals surface area contributed by atoms with Gasteiger partial charge in [-0.2, -0.15) is 4.31 Å². The Morgan fingerprint density at radius 2 is 1.69 bits per heavy atom. The zero-order valence-electron chi connectivity index (χ0n) is 19.8. The molecule has 1 atom stereocenters. The average molecular weight is 510 g/mol. The normalized spacial score (nSPS) is 16.6. The number of amides is 1. The lowest BCUT2D eigenvalue weighted by Gasteiger charge is -2.40. The van der Waals surface area contributed by atoms with E-state index in [9.17, 15) is 23.3 Å². The number of carbonyl (C=O) groups is 1. The third kappa shape index (κ3) is 5.55. The summed E-state index contributed by atoms with van der Waals surface area (Å²) in [4.78, 5) is 25.4. The molecule has 1 fully saturated rings. The lowest BCUT2D eigenvalue weighted by atomic mass is 10.0. The Hall–Kier alpha value is -3.76. The maximum absolute atomic E-state index is 13.5. The summed E-state index contributed by atoms with van der Waals surface area (Å²) in [6.07, 6.45) is 1.18. The van der Waals surface area contributed by atoms with E-state index in [0.717, 1.165) is 21.5 Å². The Bertz CT molecular complexity index is 1350. The van der Waals surface area contributed by atoms with Gasteiger partial charge in [-0.15, -0.1) is 0 Å². The lowest BCUT2D eigenvalue weighted by molar-refractivity contribution is -0.387. The molecule has 10 heteroatoms. The monoisotopic (exact) mass is 509 g/mol. The van der Waals surface area contributed by atoms with Gasteiger partial charge in [0.1, 0.15) is 5.75 Å². The number of aryl methyl sites for hydroxylation is 1. The number of ether oxygens (including phenoxy) is 1. The summed E-state index contributed by atoms with van der Waals surface area (Å²) in [7, 11) is -2.70. The van der Waals surface area contributed by atoms with Crippen LogP contribution in [0.25, 0.3) is 0 Å². The molecule has 0 aromatic heterocycles. The van der Waals surface area contributed by atoms with Crippen molar-refractivity contribution in [3.8, 4) is 5.75 Å². The number of sulfonamides is 1. The van der Waals surface area contributed by atoms with Crippen LogP contribution in [-0.2, 0) is 27.8 Å². The standard InChI is InChI=1S/C26H27N3O6S/c1-35-23-11-7-10-21(16-23)17-28-22(15-14-20-8-3-2-4-9-20)18-27(19-26(28)30)36(33,34)25-13-6-5-12-24(25)29(31)32/h2-13,16,22H,14-15,17-19H2,1H3/t22-/m0/s1. The van der Waals surface area contributed by atoms with Gasteiger partial charge in [0.2, 0.25) is 15.9 Å². The van der Waals surface area contributed by atoms with Crippen molar-refractivity contribution in [1.29, 1.82) is 0 Å². The third-order valence-electron chi connectivity index (χ3n) is 6.26. The fraction of sp³-hybridized carbons (Fsp3) is 0.269. The van der Waals surface area contributed by atoms with Crippen LogP contribution in [0.15, 0.2) is 83.8 Å². The zero-order chi connectivity index (χ0) is 25.7. The van der Waals surface area contributed by atoms with Crippen LogP contribution in [0.2, 0.25) is 0 Å². The molecule has 0 saturated carbocycles. The molecule has 0 N–H and O–H groups in total. The quantitative estimate of drug-likeness (QED) is 0.322. The van der Waals surface area contributed by atoms with Crippen molar-refractivity contribution in [1.82, 2.24) is 9.21 Å². The lowest BCUT2D eigenvalue weighted by Crippen LogP contribution is -2.57. The summed E-state index contributed by atoms with van der Waals surface area (Å²) >= 11 is 0. The number of piperazine rings is 1. The summed E-state index contributed by atoms with van der Waals surface area (Å²) in [5, 5.41) is 11.5. The molecule has 1 aliphatic rings. The fourth-order valence-electron chi connectivity index (χ4n) is 4.40. The van der Waals surface area contributed by atoms with E-state index in [2.05, 4.69) is 0 Å². The molecule has 1 amide bonds. The molecule has 1 aliphatic heterocycles. The van der Waals surface area contributed by atoms with E-state index in [-0.39, 0.29) is 19.0 Å². The first kappa shape index (κ1) is 25.3. The van der Waals surface area contributed by atoms with Gasteiger partial charge in [-0.25, -0.2) is 8.42 Å². The Kier molecular flexibility index (Phi) is 7.66. The van der Waals surface area contributed by atoms with Crippen LogP contribution in [0.1, 0.15) is 17.5 Å². The van der Waals surface area contributed by atoms with Crippen LogP contribution in [0.5, 0.6) is 5.75 Å². The van der Waals surface area contributed by atoms with E-state index in [1.165, 1.54) is 18.2 Å². The van der Waals surface area contributed by atoms with Crippen molar-refractivity contribution >= 4 is 21.6 Å².